The van der Waals surface area contributed by atoms with Gasteiger partial charge in [-0.1, -0.05) is 6.07 Å². The summed E-state index contributed by atoms with van der Waals surface area (Å²) in [6.07, 6.45) is 5.13. The topological polar surface area (TPSA) is 97.0 Å². The van der Waals surface area contributed by atoms with E-state index in [9.17, 15) is 9.59 Å². The average molecular weight is 364 g/mol. The van der Waals surface area contributed by atoms with Crippen LogP contribution in [0.1, 0.15) is 22.5 Å². The quantitative estimate of drug-likeness (QED) is 0.627. The van der Waals surface area contributed by atoms with Gasteiger partial charge in [0.2, 0.25) is 0 Å². The summed E-state index contributed by atoms with van der Waals surface area (Å²) >= 11 is 0. The first kappa shape index (κ1) is 18.3. The Morgan fingerprint density at radius 2 is 2.04 bits per heavy atom. The first-order valence-corrected chi connectivity index (χ1v) is 8.58. The van der Waals surface area contributed by atoms with E-state index >= 15 is 0 Å². The molecular formula is C20H20N4O3. The minimum Gasteiger partial charge on any atom is -0.497 e. The normalized spacial score (nSPS) is 10.4. The summed E-state index contributed by atoms with van der Waals surface area (Å²) in [7, 11) is 1.58. The van der Waals surface area contributed by atoms with Crippen molar-refractivity contribution in [2.24, 2.45) is 0 Å². The number of H-pyrrole nitrogens is 1. The molecule has 0 aliphatic heterocycles. The van der Waals surface area contributed by atoms with Crippen LogP contribution >= 0.6 is 0 Å². The van der Waals surface area contributed by atoms with Crippen molar-refractivity contribution >= 4 is 5.91 Å². The second-order valence-corrected chi connectivity index (χ2v) is 5.93. The molecule has 7 nitrogen and oxygen atoms in total. The first-order chi connectivity index (χ1) is 13.2. The number of hydrogen-bond donors (Lipinski definition) is 2. The highest BCUT2D eigenvalue weighted by Crippen LogP contribution is 2.20. The Hall–Kier alpha value is -3.48. The number of hydrogen-bond acceptors (Lipinski definition) is 5. The highest BCUT2D eigenvalue weighted by Gasteiger charge is 2.10. The van der Waals surface area contributed by atoms with Gasteiger partial charge in [0.1, 0.15) is 11.4 Å². The lowest BCUT2D eigenvalue weighted by molar-refractivity contribution is 0.0948. The zero-order chi connectivity index (χ0) is 19.1. The van der Waals surface area contributed by atoms with Gasteiger partial charge < -0.3 is 15.0 Å². The van der Waals surface area contributed by atoms with E-state index in [1.807, 2.05) is 18.3 Å². The van der Waals surface area contributed by atoms with Crippen molar-refractivity contribution in [1.82, 2.24) is 20.3 Å². The molecule has 0 spiro atoms. The van der Waals surface area contributed by atoms with Crippen molar-refractivity contribution in [3.8, 4) is 17.0 Å². The lowest BCUT2D eigenvalue weighted by Crippen LogP contribution is -2.28. The van der Waals surface area contributed by atoms with Crippen LogP contribution in [0.5, 0.6) is 5.75 Å². The average Bonchev–Trinajstić information content (AvgIpc) is 2.71. The largest absolute Gasteiger partial charge is 0.497 e. The Labute approximate surface area is 156 Å². The summed E-state index contributed by atoms with van der Waals surface area (Å²) in [6, 6.07) is 12.6. The lowest BCUT2D eigenvalue weighted by Gasteiger charge is -2.07. The Morgan fingerprint density at radius 1 is 1.22 bits per heavy atom. The minimum atomic E-state index is -0.566. The maximum absolute atomic E-state index is 12.4. The third kappa shape index (κ3) is 5.01. The van der Waals surface area contributed by atoms with Crippen LogP contribution in [0.3, 0.4) is 0 Å². The number of aryl methyl sites for hydroxylation is 1. The van der Waals surface area contributed by atoms with E-state index in [1.165, 1.54) is 0 Å². The third-order valence-corrected chi connectivity index (χ3v) is 4.03. The molecule has 2 heterocycles. The van der Waals surface area contributed by atoms with E-state index in [2.05, 4.69) is 20.3 Å². The number of nitrogens with zero attached hydrogens (tertiary/aromatic N) is 2. The van der Waals surface area contributed by atoms with Crippen LogP contribution in [0.4, 0.5) is 0 Å². The van der Waals surface area contributed by atoms with Crippen molar-refractivity contribution in [2.45, 2.75) is 12.8 Å². The van der Waals surface area contributed by atoms with Gasteiger partial charge in [0, 0.05) is 24.5 Å². The minimum absolute atomic E-state index is 0.183. The molecule has 0 fully saturated rings. The number of pyridine rings is 1. The van der Waals surface area contributed by atoms with E-state index in [0.717, 1.165) is 24.0 Å². The highest BCUT2D eigenvalue weighted by molar-refractivity contribution is 5.93. The summed E-state index contributed by atoms with van der Waals surface area (Å²) in [5.74, 6) is 0.366. The molecule has 138 valence electrons. The molecule has 0 radical (unpaired) electrons. The van der Waals surface area contributed by atoms with Gasteiger partial charge in [0.15, 0.2) is 0 Å². The van der Waals surface area contributed by atoms with E-state index in [4.69, 9.17) is 4.74 Å². The molecular weight excluding hydrogens is 344 g/mol. The number of nitrogens with one attached hydrogen (secondary N) is 2. The fourth-order valence-corrected chi connectivity index (χ4v) is 2.63. The SMILES string of the molecule is COc1ccc(-c2cc(C(=O)NCCCc3cccnc3)[nH]c(=O)n2)cc1. The maximum atomic E-state index is 12.4. The van der Waals surface area contributed by atoms with Crippen LogP contribution in [0, 0.1) is 0 Å². The van der Waals surface area contributed by atoms with Gasteiger partial charge in [-0.15, -0.1) is 0 Å². The van der Waals surface area contributed by atoms with Crippen molar-refractivity contribution in [3.63, 3.8) is 0 Å². The number of aromatic amines is 1. The molecule has 7 heteroatoms. The zero-order valence-corrected chi connectivity index (χ0v) is 14.9. The predicted molar refractivity (Wildman–Crippen MR) is 102 cm³/mol. The highest BCUT2D eigenvalue weighted by atomic mass is 16.5. The van der Waals surface area contributed by atoms with Gasteiger partial charge in [0.05, 0.1) is 12.8 Å². The van der Waals surface area contributed by atoms with E-state index < -0.39 is 5.69 Å². The Bertz CT molecular complexity index is 953. The standard InChI is InChI=1S/C20H20N4O3/c1-27-16-8-6-15(7-9-16)17-12-18(24-20(26)23-17)19(25)22-11-3-5-14-4-2-10-21-13-14/h2,4,6-10,12-13H,3,5,11H2,1H3,(H,22,25)(H,23,24,26). The monoisotopic (exact) mass is 364 g/mol. The van der Waals surface area contributed by atoms with Gasteiger partial charge >= 0.3 is 5.69 Å². The van der Waals surface area contributed by atoms with Crippen LogP contribution in [0.15, 0.2) is 59.7 Å². The van der Waals surface area contributed by atoms with Gasteiger partial charge in [-0.25, -0.2) is 4.79 Å². The molecule has 0 saturated heterocycles. The number of rotatable bonds is 7. The number of amides is 1. The number of methoxy groups -OCH3 is 1. The molecule has 0 aliphatic carbocycles. The van der Waals surface area contributed by atoms with Gasteiger partial charge in [-0.05, 0) is 54.8 Å². The smallest absolute Gasteiger partial charge is 0.346 e. The summed E-state index contributed by atoms with van der Waals surface area (Å²) < 4.78 is 5.12. The first-order valence-electron chi connectivity index (χ1n) is 8.58. The van der Waals surface area contributed by atoms with Crippen molar-refractivity contribution in [2.75, 3.05) is 13.7 Å². The number of carbonyl (C=O) groups excluding carboxylic acids is 1. The van der Waals surface area contributed by atoms with E-state index in [1.54, 1.807) is 43.6 Å². The summed E-state index contributed by atoms with van der Waals surface area (Å²) in [4.78, 5) is 34.7. The molecule has 0 bridgehead atoms. The maximum Gasteiger partial charge on any atom is 0.346 e. The molecule has 0 unspecified atom stereocenters. The Kier molecular flexibility index (Phi) is 5.94. The number of ether oxygens (including phenoxy) is 1. The second-order valence-electron chi connectivity index (χ2n) is 5.93. The number of carbonyl (C=O) groups is 1. The number of benzene rings is 1. The number of aromatic nitrogens is 3. The zero-order valence-electron chi connectivity index (χ0n) is 14.9. The molecule has 1 aromatic carbocycles. The third-order valence-electron chi connectivity index (χ3n) is 4.03. The van der Waals surface area contributed by atoms with Crippen molar-refractivity contribution in [3.05, 3.63) is 76.6 Å². The molecule has 0 atom stereocenters. The van der Waals surface area contributed by atoms with E-state index in [-0.39, 0.29) is 11.6 Å². The molecule has 3 aromatic rings. The summed E-state index contributed by atoms with van der Waals surface area (Å²) in [6.45, 7) is 0.496. The van der Waals surface area contributed by atoms with Crippen LogP contribution in [0.25, 0.3) is 11.3 Å². The fraction of sp³-hybridized carbons (Fsp3) is 0.200. The van der Waals surface area contributed by atoms with Gasteiger partial charge in [0.25, 0.3) is 5.91 Å². The summed E-state index contributed by atoms with van der Waals surface area (Å²) in [5.41, 5.74) is 1.89. The molecule has 2 aromatic heterocycles. The molecule has 0 saturated carbocycles. The van der Waals surface area contributed by atoms with Crippen molar-refractivity contribution < 1.29 is 9.53 Å². The second kappa shape index (κ2) is 8.75. The molecule has 3 rings (SSSR count). The van der Waals surface area contributed by atoms with Crippen LogP contribution in [-0.4, -0.2) is 34.5 Å². The van der Waals surface area contributed by atoms with Gasteiger partial charge in [-0.3, -0.25) is 9.78 Å². The van der Waals surface area contributed by atoms with Crippen LogP contribution in [0.2, 0.25) is 0 Å². The Balaban J connectivity index is 1.64. The van der Waals surface area contributed by atoms with Crippen LogP contribution < -0.4 is 15.7 Å². The fourth-order valence-electron chi connectivity index (χ4n) is 2.63. The summed E-state index contributed by atoms with van der Waals surface area (Å²) in [5, 5.41) is 2.82. The van der Waals surface area contributed by atoms with Crippen molar-refractivity contribution in [1.29, 1.82) is 0 Å². The molecule has 27 heavy (non-hydrogen) atoms. The Morgan fingerprint density at radius 3 is 2.74 bits per heavy atom. The van der Waals surface area contributed by atoms with Gasteiger partial charge in [-0.2, -0.15) is 4.98 Å². The lowest BCUT2D eigenvalue weighted by atomic mass is 10.1. The van der Waals surface area contributed by atoms with Crippen LogP contribution in [-0.2, 0) is 6.42 Å². The van der Waals surface area contributed by atoms with E-state index in [0.29, 0.717) is 18.0 Å². The predicted octanol–water partition coefficient (Wildman–Crippen LogP) is 2.20. The molecule has 0 aliphatic rings. The molecule has 2 N–H and O–H groups in total. The molecule has 1 amide bonds.